The second kappa shape index (κ2) is 5.83. The van der Waals surface area contributed by atoms with Crippen molar-refractivity contribution < 1.29 is 0 Å². The highest BCUT2D eigenvalue weighted by Crippen LogP contribution is 2.15. The molecule has 3 nitrogen and oxygen atoms in total. The summed E-state index contributed by atoms with van der Waals surface area (Å²) in [6.07, 6.45) is 3.81. The zero-order chi connectivity index (χ0) is 13.0. The molecule has 2 rings (SSSR count). The monoisotopic (exact) mass is 243 g/mol. The summed E-state index contributed by atoms with van der Waals surface area (Å²) in [6.45, 7) is 6.17. The molecule has 0 aliphatic rings. The van der Waals surface area contributed by atoms with E-state index in [0.717, 1.165) is 13.1 Å². The topological polar surface area (TPSA) is 29.9 Å². The minimum absolute atomic E-state index is 0.590. The number of rotatable bonds is 5. The Hall–Kier alpha value is -1.61. The molecule has 0 spiro atoms. The lowest BCUT2D eigenvalue weighted by Crippen LogP contribution is -2.11. The van der Waals surface area contributed by atoms with Gasteiger partial charge in [0.2, 0.25) is 0 Å². The van der Waals surface area contributed by atoms with E-state index in [1.165, 1.54) is 16.8 Å². The van der Waals surface area contributed by atoms with Gasteiger partial charge in [-0.2, -0.15) is 0 Å². The van der Waals surface area contributed by atoms with Crippen LogP contribution in [0.5, 0.6) is 0 Å². The van der Waals surface area contributed by atoms with Gasteiger partial charge < -0.3 is 9.88 Å². The van der Waals surface area contributed by atoms with Crippen molar-refractivity contribution in [1.82, 2.24) is 14.9 Å². The highest BCUT2D eigenvalue weighted by Gasteiger charge is 2.03. The van der Waals surface area contributed by atoms with E-state index < -0.39 is 0 Å². The number of hydrogen-bond acceptors (Lipinski definition) is 2. The normalized spacial score (nSPS) is 11.1. The first-order valence-corrected chi connectivity index (χ1v) is 6.43. The number of nitrogens with zero attached hydrogens (tertiary/aromatic N) is 2. The van der Waals surface area contributed by atoms with Crippen molar-refractivity contribution >= 4 is 0 Å². The van der Waals surface area contributed by atoms with E-state index >= 15 is 0 Å². The van der Waals surface area contributed by atoms with Gasteiger partial charge in [-0.3, -0.25) is 0 Å². The van der Waals surface area contributed by atoms with Crippen LogP contribution in [-0.4, -0.2) is 16.6 Å². The zero-order valence-corrected chi connectivity index (χ0v) is 11.4. The van der Waals surface area contributed by atoms with Crippen molar-refractivity contribution in [1.29, 1.82) is 0 Å². The Kier molecular flexibility index (Phi) is 4.15. The maximum Gasteiger partial charge on any atom is 0.0951 e. The fourth-order valence-corrected chi connectivity index (χ4v) is 2.02. The van der Waals surface area contributed by atoms with Crippen LogP contribution in [0, 0.1) is 0 Å². The van der Waals surface area contributed by atoms with E-state index in [1.54, 1.807) is 0 Å². The molecule has 0 aliphatic heterocycles. The van der Waals surface area contributed by atoms with Crippen LogP contribution in [0.2, 0.25) is 0 Å². The van der Waals surface area contributed by atoms with Gasteiger partial charge in [-0.25, -0.2) is 4.98 Å². The Bertz CT molecular complexity index is 483. The fraction of sp³-hybridized carbons (Fsp3) is 0.400. The van der Waals surface area contributed by atoms with E-state index in [4.69, 9.17) is 0 Å². The summed E-state index contributed by atoms with van der Waals surface area (Å²) >= 11 is 0. The molecule has 0 amide bonds. The van der Waals surface area contributed by atoms with Gasteiger partial charge in [0.25, 0.3) is 0 Å². The number of nitrogens with one attached hydrogen (secondary N) is 1. The number of hydrogen-bond donors (Lipinski definition) is 1. The van der Waals surface area contributed by atoms with Crippen LogP contribution in [-0.2, 0) is 13.1 Å². The van der Waals surface area contributed by atoms with Crippen LogP contribution in [0.3, 0.4) is 0 Å². The molecule has 0 saturated carbocycles. The molecule has 0 bridgehead atoms. The fourth-order valence-electron chi connectivity index (χ4n) is 2.02. The standard InChI is InChI=1S/C15H21N3/c1-12(2)14-6-4-13(5-7-14)10-18-11-17-9-15(18)8-16-3/h4-7,9,11-12,16H,8,10H2,1-3H3. The van der Waals surface area contributed by atoms with Gasteiger partial charge in [0.15, 0.2) is 0 Å². The largest absolute Gasteiger partial charge is 0.329 e. The lowest BCUT2D eigenvalue weighted by Gasteiger charge is -2.10. The van der Waals surface area contributed by atoms with Gasteiger partial charge in [-0.15, -0.1) is 0 Å². The molecule has 1 heterocycles. The molecule has 1 aromatic heterocycles. The third-order valence-corrected chi connectivity index (χ3v) is 3.16. The summed E-state index contributed by atoms with van der Waals surface area (Å²) in [7, 11) is 1.95. The van der Waals surface area contributed by atoms with Crippen LogP contribution in [0.25, 0.3) is 0 Å². The summed E-state index contributed by atoms with van der Waals surface area (Å²) in [5.74, 6) is 0.590. The molecule has 2 aromatic rings. The molecule has 18 heavy (non-hydrogen) atoms. The van der Waals surface area contributed by atoms with Crippen molar-refractivity contribution in [3.8, 4) is 0 Å². The van der Waals surface area contributed by atoms with Crippen molar-refractivity contribution in [2.45, 2.75) is 32.9 Å². The predicted molar refractivity (Wildman–Crippen MR) is 74.6 cm³/mol. The van der Waals surface area contributed by atoms with Crippen LogP contribution < -0.4 is 5.32 Å². The van der Waals surface area contributed by atoms with Crippen LogP contribution in [0.4, 0.5) is 0 Å². The van der Waals surface area contributed by atoms with E-state index in [1.807, 2.05) is 19.6 Å². The lowest BCUT2D eigenvalue weighted by molar-refractivity contribution is 0.692. The zero-order valence-electron chi connectivity index (χ0n) is 11.4. The van der Waals surface area contributed by atoms with Gasteiger partial charge in [-0.1, -0.05) is 38.1 Å². The van der Waals surface area contributed by atoms with Crippen LogP contribution in [0.15, 0.2) is 36.8 Å². The minimum Gasteiger partial charge on any atom is -0.329 e. The highest BCUT2D eigenvalue weighted by atomic mass is 15.1. The van der Waals surface area contributed by atoms with Crippen molar-refractivity contribution in [3.05, 3.63) is 53.6 Å². The maximum absolute atomic E-state index is 4.21. The third-order valence-electron chi connectivity index (χ3n) is 3.16. The second-order valence-electron chi connectivity index (χ2n) is 4.94. The molecular weight excluding hydrogens is 222 g/mol. The summed E-state index contributed by atoms with van der Waals surface area (Å²) in [4.78, 5) is 4.21. The average molecular weight is 243 g/mol. The number of aromatic nitrogens is 2. The first-order valence-electron chi connectivity index (χ1n) is 6.43. The quantitative estimate of drug-likeness (QED) is 0.875. The molecule has 0 unspecified atom stereocenters. The van der Waals surface area contributed by atoms with Crippen molar-refractivity contribution in [3.63, 3.8) is 0 Å². The molecule has 1 aromatic carbocycles. The summed E-state index contributed by atoms with van der Waals surface area (Å²) in [6, 6.07) is 8.85. The number of imidazole rings is 1. The second-order valence-corrected chi connectivity index (χ2v) is 4.94. The Balaban J connectivity index is 2.11. The van der Waals surface area contributed by atoms with Crippen molar-refractivity contribution in [2.75, 3.05) is 7.05 Å². The summed E-state index contributed by atoms with van der Waals surface area (Å²) in [5.41, 5.74) is 3.92. The molecule has 1 N–H and O–H groups in total. The predicted octanol–water partition coefficient (Wildman–Crippen LogP) is 2.77. The maximum atomic E-state index is 4.21. The van der Waals surface area contributed by atoms with Gasteiger partial charge in [0.05, 0.1) is 12.0 Å². The molecule has 96 valence electrons. The van der Waals surface area contributed by atoms with Crippen molar-refractivity contribution in [2.24, 2.45) is 0 Å². The average Bonchev–Trinajstić information content (AvgIpc) is 2.78. The first kappa shape index (κ1) is 12.8. The first-order chi connectivity index (χ1) is 8.70. The minimum atomic E-state index is 0.590. The highest BCUT2D eigenvalue weighted by molar-refractivity contribution is 5.25. The van der Waals surface area contributed by atoms with Gasteiger partial charge in [0, 0.05) is 19.3 Å². The molecule has 0 aliphatic carbocycles. The smallest absolute Gasteiger partial charge is 0.0951 e. The van der Waals surface area contributed by atoms with Gasteiger partial charge >= 0.3 is 0 Å². The van der Waals surface area contributed by atoms with Crippen LogP contribution in [0.1, 0.15) is 36.6 Å². The Morgan fingerprint density at radius 3 is 2.56 bits per heavy atom. The number of benzene rings is 1. The van der Waals surface area contributed by atoms with Gasteiger partial charge in [0.1, 0.15) is 0 Å². The van der Waals surface area contributed by atoms with E-state index in [-0.39, 0.29) is 0 Å². The molecule has 0 radical (unpaired) electrons. The molecule has 3 heteroatoms. The lowest BCUT2D eigenvalue weighted by atomic mass is 10.0. The van der Waals surface area contributed by atoms with E-state index in [2.05, 4.69) is 53.0 Å². The van der Waals surface area contributed by atoms with Gasteiger partial charge in [-0.05, 0) is 24.1 Å². The Morgan fingerprint density at radius 2 is 1.94 bits per heavy atom. The Morgan fingerprint density at radius 1 is 1.22 bits per heavy atom. The Labute approximate surface area is 109 Å². The van der Waals surface area contributed by atoms with Crippen LogP contribution >= 0.6 is 0 Å². The summed E-state index contributed by atoms with van der Waals surface area (Å²) in [5, 5.41) is 3.16. The SMILES string of the molecule is CNCc1cncn1Cc1ccc(C(C)C)cc1. The van der Waals surface area contributed by atoms with E-state index in [0.29, 0.717) is 5.92 Å². The summed E-state index contributed by atoms with van der Waals surface area (Å²) < 4.78 is 2.18. The molecule has 0 fully saturated rings. The van der Waals surface area contributed by atoms with E-state index in [9.17, 15) is 0 Å². The third kappa shape index (κ3) is 2.99. The molecule has 0 atom stereocenters. The molecular formula is C15H21N3. The molecule has 0 saturated heterocycles.